The van der Waals surface area contributed by atoms with Crippen LogP contribution in [0.1, 0.15) is 0 Å². The van der Waals surface area contributed by atoms with Crippen LogP contribution in [0.15, 0.2) is 67.0 Å². The number of pyridine rings is 1. The van der Waals surface area contributed by atoms with E-state index in [9.17, 15) is 5.11 Å². The molecule has 0 fully saturated rings. The minimum atomic E-state index is 0.247. The molecule has 0 saturated carbocycles. The molecule has 21 heavy (non-hydrogen) atoms. The molecule has 0 bridgehead atoms. The lowest BCUT2D eigenvalue weighted by Gasteiger charge is -2.09. The Kier molecular flexibility index (Phi) is 2.54. The quantitative estimate of drug-likeness (QED) is 0.602. The molecule has 1 N–H and O–H groups in total. The fraction of sp³-hybridized carbons (Fsp3) is 0. The highest BCUT2D eigenvalue weighted by Gasteiger charge is 2.04. The maximum atomic E-state index is 9.57. The lowest BCUT2D eigenvalue weighted by molar-refractivity contribution is 0.457. The van der Waals surface area contributed by atoms with Gasteiger partial charge in [0.25, 0.3) is 0 Å². The predicted octanol–water partition coefficient (Wildman–Crippen LogP) is 3.99. The molecule has 2 aromatic carbocycles. The number of phenolic OH excluding ortho intramolecular Hbond substituents is 1. The van der Waals surface area contributed by atoms with Gasteiger partial charge in [-0.05, 0) is 47.2 Å². The molecule has 4 nitrogen and oxygen atoms in total. The number of hydrogen-bond donors (Lipinski definition) is 1. The van der Waals surface area contributed by atoms with Crippen LogP contribution in [-0.2, 0) is 0 Å². The highest BCUT2D eigenvalue weighted by atomic mass is 16.5. The normalized spacial score (nSPS) is 11.0. The van der Waals surface area contributed by atoms with Crippen molar-refractivity contribution in [1.29, 1.82) is 0 Å². The monoisotopic (exact) mass is 276 g/mol. The molecule has 4 rings (SSSR count). The summed E-state index contributed by atoms with van der Waals surface area (Å²) in [7, 11) is 0. The second-order valence-corrected chi connectivity index (χ2v) is 4.81. The highest BCUT2D eigenvalue weighted by Crippen LogP contribution is 2.28. The van der Waals surface area contributed by atoms with Crippen molar-refractivity contribution in [2.24, 2.45) is 0 Å². The third-order valence-electron chi connectivity index (χ3n) is 3.41. The van der Waals surface area contributed by atoms with Crippen LogP contribution in [0.2, 0.25) is 0 Å². The van der Waals surface area contributed by atoms with Crippen LogP contribution < -0.4 is 4.74 Å². The van der Waals surface area contributed by atoms with E-state index >= 15 is 0 Å². The third-order valence-corrected chi connectivity index (χ3v) is 3.41. The van der Waals surface area contributed by atoms with Crippen molar-refractivity contribution in [2.75, 3.05) is 0 Å². The molecule has 2 aromatic heterocycles. The van der Waals surface area contributed by atoms with E-state index in [0.717, 1.165) is 16.4 Å². The number of hydrogen-bond acceptors (Lipinski definition) is 3. The van der Waals surface area contributed by atoms with Crippen molar-refractivity contribution in [1.82, 2.24) is 9.38 Å². The average molecular weight is 276 g/mol. The Labute approximate surface area is 120 Å². The molecule has 0 unspecified atom stereocenters. The van der Waals surface area contributed by atoms with E-state index in [-0.39, 0.29) is 5.75 Å². The lowest BCUT2D eigenvalue weighted by Crippen LogP contribution is -1.92. The van der Waals surface area contributed by atoms with E-state index in [4.69, 9.17) is 4.74 Å². The zero-order valence-electron chi connectivity index (χ0n) is 11.1. The molecule has 4 aromatic rings. The predicted molar refractivity (Wildman–Crippen MR) is 80.9 cm³/mol. The summed E-state index contributed by atoms with van der Waals surface area (Å²) in [6.45, 7) is 0. The van der Waals surface area contributed by atoms with Crippen molar-refractivity contribution in [2.45, 2.75) is 0 Å². The van der Waals surface area contributed by atoms with Gasteiger partial charge in [0.05, 0.1) is 0 Å². The molecule has 0 spiro atoms. The Morgan fingerprint density at radius 1 is 0.952 bits per heavy atom. The standard InChI is InChI=1S/C17H12N2O2/c20-14-6-4-12-5-7-15(11-13(12)10-14)21-17-3-1-2-16-18-8-9-19(16)17/h1-11,20H. The van der Waals surface area contributed by atoms with Crippen molar-refractivity contribution < 1.29 is 9.84 Å². The van der Waals surface area contributed by atoms with Gasteiger partial charge in [-0.3, -0.25) is 4.40 Å². The van der Waals surface area contributed by atoms with Gasteiger partial charge >= 0.3 is 0 Å². The Morgan fingerprint density at radius 2 is 1.86 bits per heavy atom. The van der Waals surface area contributed by atoms with Crippen LogP contribution in [0, 0.1) is 0 Å². The van der Waals surface area contributed by atoms with Crippen LogP contribution in [-0.4, -0.2) is 14.5 Å². The molecule has 0 aliphatic heterocycles. The first-order valence-corrected chi connectivity index (χ1v) is 6.62. The second-order valence-electron chi connectivity index (χ2n) is 4.81. The van der Waals surface area contributed by atoms with Crippen molar-refractivity contribution in [3.8, 4) is 17.4 Å². The number of nitrogens with zero attached hydrogens (tertiary/aromatic N) is 2. The lowest BCUT2D eigenvalue weighted by atomic mass is 10.1. The summed E-state index contributed by atoms with van der Waals surface area (Å²) in [4.78, 5) is 4.23. The molecule has 0 amide bonds. The summed E-state index contributed by atoms with van der Waals surface area (Å²) >= 11 is 0. The van der Waals surface area contributed by atoms with E-state index in [1.807, 2.05) is 53.1 Å². The van der Waals surface area contributed by atoms with E-state index in [2.05, 4.69) is 4.98 Å². The number of benzene rings is 2. The summed E-state index contributed by atoms with van der Waals surface area (Å²) in [6.07, 6.45) is 3.60. The Balaban J connectivity index is 1.78. The first-order chi connectivity index (χ1) is 10.3. The summed E-state index contributed by atoms with van der Waals surface area (Å²) in [5.41, 5.74) is 0.839. The van der Waals surface area contributed by atoms with E-state index in [1.54, 1.807) is 18.3 Å². The molecular formula is C17H12N2O2. The molecule has 0 atom stereocenters. The van der Waals surface area contributed by atoms with Gasteiger partial charge in [-0.25, -0.2) is 4.98 Å². The van der Waals surface area contributed by atoms with Crippen molar-refractivity contribution in [3.05, 3.63) is 67.0 Å². The topological polar surface area (TPSA) is 46.8 Å². The smallest absolute Gasteiger partial charge is 0.205 e. The maximum Gasteiger partial charge on any atom is 0.205 e. The number of rotatable bonds is 2. The van der Waals surface area contributed by atoms with E-state index < -0.39 is 0 Å². The largest absolute Gasteiger partial charge is 0.508 e. The first-order valence-electron chi connectivity index (χ1n) is 6.62. The summed E-state index contributed by atoms with van der Waals surface area (Å²) < 4.78 is 7.82. The highest BCUT2D eigenvalue weighted by molar-refractivity contribution is 5.85. The van der Waals surface area contributed by atoms with Crippen LogP contribution in [0.5, 0.6) is 17.4 Å². The third kappa shape index (κ3) is 2.07. The van der Waals surface area contributed by atoms with Gasteiger partial charge in [0.15, 0.2) is 0 Å². The molecule has 0 aliphatic carbocycles. The summed E-state index contributed by atoms with van der Waals surface area (Å²) in [5.74, 6) is 1.66. The van der Waals surface area contributed by atoms with Gasteiger partial charge in [0.2, 0.25) is 5.88 Å². The number of imidazole rings is 1. The molecule has 4 heteroatoms. The Morgan fingerprint density at radius 3 is 2.81 bits per heavy atom. The molecule has 0 aliphatic rings. The fourth-order valence-electron chi connectivity index (χ4n) is 2.40. The van der Waals surface area contributed by atoms with Crippen LogP contribution in [0.3, 0.4) is 0 Å². The Hall–Kier alpha value is -3.01. The SMILES string of the molecule is Oc1ccc2ccc(Oc3cccc4nccn34)cc2c1. The maximum absolute atomic E-state index is 9.57. The van der Waals surface area contributed by atoms with Crippen LogP contribution in [0.25, 0.3) is 16.4 Å². The van der Waals surface area contributed by atoms with Gasteiger partial charge in [-0.1, -0.05) is 18.2 Å². The molecule has 0 saturated heterocycles. The summed E-state index contributed by atoms with van der Waals surface area (Å²) in [5, 5.41) is 11.6. The zero-order valence-corrected chi connectivity index (χ0v) is 11.1. The number of aromatic nitrogens is 2. The molecular weight excluding hydrogens is 264 g/mol. The first kappa shape index (κ1) is 11.8. The summed E-state index contributed by atoms with van der Waals surface area (Å²) in [6, 6.07) is 16.8. The zero-order chi connectivity index (χ0) is 14.2. The number of ether oxygens (including phenoxy) is 1. The number of fused-ring (bicyclic) bond motifs is 2. The number of aromatic hydroxyl groups is 1. The van der Waals surface area contributed by atoms with E-state index in [1.165, 1.54) is 0 Å². The molecule has 102 valence electrons. The van der Waals surface area contributed by atoms with Crippen molar-refractivity contribution >= 4 is 16.4 Å². The van der Waals surface area contributed by atoms with Gasteiger partial charge in [-0.15, -0.1) is 0 Å². The fourth-order valence-corrected chi connectivity index (χ4v) is 2.40. The average Bonchev–Trinajstić information content (AvgIpc) is 2.96. The minimum absolute atomic E-state index is 0.247. The van der Waals surface area contributed by atoms with Gasteiger partial charge in [0.1, 0.15) is 17.1 Å². The van der Waals surface area contributed by atoms with E-state index in [0.29, 0.717) is 11.6 Å². The minimum Gasteiger partial charge on any atom is -0.508 e. The van der Waals surface area contributed by atoms with Gasteiger partial charge < -0.3 is 9.84 Å². The Bertz CT molecular complexity index is 944. The molecule has 2 heterocycles. The second kappa shape index (κ2) is 4.52. The van der Waals surface area contributed by atoms with Crippen molar-refractivity contribution in [3.63, 3.8) is 0 Å². The van der Waals surface area contributed by atoms with Gasteiger partial charge in [0, 0.05) is 12.4 Å². The number of phenols is 1. The molecule has 0 radical (unpaired) electrons. The van der Waals surface area contributed by atoms with Gasteiger partial charge in [-0.2, -0.15) is 0 Å². The van der Waals surface area contributed by atoms with Crippen LogP contribution >= 0.6 is 0 Å². The van der Waals surface area contributed by atoms with Crippen LogP contribution in [0.4, 0.5) is 0 Å².